The van der Waals surface area contributed by atoms with Crippen LogP contribution in [0.5, 0.6) is 0 Å². The predicted octanol–water partition coefficient (Wildman–Crippen LogP) is 2.67. The molecular weight excluding hydrogens is 230 g/mol. The normalized spacial score (nSPS) is 10.8. The molecule has 0 fully saturated rings. The number of nitrogens with two attached hydrogens (primary N) is 1. The Morgan fingerprint density at radius 2 is 2.17 bits per heavy atom. The summed E-state index contributed by atoms with van der Waals surface area (Å²) in [4.78, 5) is 3.72. The Labute approximate surface area is 76.9 Å². The zero-order valence-corrected chi connectivity index (χ0v) is 7.90. The van der Waals surface area contributed by atoms with Crippen LogP contribution in [0.3, 0.4) is 0 Å². The molecule has 1 aromatic heterocycles. The van der Waals surface area contributed by atoms with Crippen LogP contribution in [0.4, 0.5) is 14.6 Å². The summed E-state index contributed by atoms with van der Waals surface area (Å²) in [6.45, 7) is 1.52. The molecule has 0 unspecified atom stereocenters. The largest absolute Gasteiger partial charge is 0.383 e. The summed E-state index contributed by atoms with van der Waals surface area (Å²) in [5.41, 5.74) is 5.61. The summed E-state index contributed by atoms with van der Waals surface area (Å²) in [7, 11) is 0. The van der Waals surface area contributed by atoms with E-state index in [2.05, 4.69) is 20.9 Å². The highest BCUT2D eigenvalue weighted by atomic mass is 79.9. The molecule has 0 aliphatic rings. The first kappa shape index (κ1) is 9.38. The van der Waals surface area contributed by atoms with Crippen molar-refractivity contribution in [3.8, 4) is 0 Å². The number of alkyl halides is 2. The summed E-state index contributed by atoms with van der Waals surface area (Å²) in [5, 5.41) is 0. The van der Waals surface area contributed by atoms with Gasteiger partial charge in [0.15, 0.2) is 0 Å². The Hall–Kier alpha value is -0.710. The van der Waals surface area contributed by atoms with Crippen LogP contribution in [0, 0.1) is 6.92 Å². The molecule has 0 atom stereocenters. The van der Waals surface area contributed by atoms with Gasteiger partial charge in [0.2, 0.25) is 0 Å². The fourth-order valence-electron chi connectivity index (χ4n) is 0.878. The number of halogens is 3. The van der Waals surface area contributed by atoms with Crippen molar-refractivity contribution in [2.24, 2.45) is 0 Å². The third kappa shape index (κ3) is 1.55. The molecule has 2 nitrogen and oxygen atoms in total. The minimum Gasteiger partial charge on any atom is -0.383 e. The molecule has 0 saturated carbocycles. The lowest BCUT2D eigenvalue weighted by Gasteiger charge is -2.08. The van der Waals surface area contributed by atoms with Crippen LogP contribution in [0.25, 0.3) is 0 Å². The topological polar surface area (TPSA) is 38.9 Å². The van der Waals surface area contributed by atoms with E-state index < -0.39 is 6.43 Å². The zero-order valence-electron chi connectivity index (χ0n) is 6.31. The molecule has 66 valence electrons. The molecule has 0 aliphatic carbocycles. The van der Waals surface area contributed by atoms with E-state index in [9.17, 15) is 8.78 Å². The SMILES string of the molecule is Cc1c(N)ncc(Br)c1C(F)F. The van der Waals surface area contributed by atoms with Crippen molar-refractivity contribution in [3.05, 3.63) is 21.8 Å². The second-order valence-electron chi connectivity index (χ2n) is 2.33. The molecule has 0 bridgehead atoms. The number of rotatable bonds is 1. The lowest BCUT2D eigenvalue weighted by Crippen LogP contribution is -2.00. The van der Waals surface area contributed by atoms with Crippen LogP contribution in [0.1, 0.15) is 17.6 Å². The van der Waals surface area contributed by atoms with Gasteiger partial charge in [-0.2, -0.15) is 0 Å². The molecule has 0 aromatic carbocycles. The van der Waals surface area contributed by atoms with Crippen molar-refractivity contribution in [2.45, 2.75) is 13.3 Å². The summed E-state index contributed by atoms with van der Waals surface area (Å²) in [6, 6.07) is 0. The molecule has 1 heterocycles. The summed E-state index contributed by atoms with van der Waals surface area (Å²) in [5.74, 6) is 0.147. The van der Waals surface area contributed by atoms with Gasteiger partial charge in [-0.1, -0.05) is 0 Å². The Morgan fingerprint density at radius 1 is 1.58 bits per heavy atom. The Balaban J connectivity index is 3.33. The van der Waals surface area contributed by atoms with E-state index in [1.807, 2.05) is 0 Å². The first-order chi connectivity index (χ1) is 5.54. The maximum atomic E-state index is 12.4. The van der Waals surface area contributed by atoms with Gasteiger partial charge in [-0.15, -0.1) is 0 Å². The number of hydrogen-bond acceptors (Lipinski definition) is 2. The highest BCUT2D eigenvalue weighted by Crippen LogP contribution is 2.31. The molecular formula is C7H7BrF2N2. The molecule has 0 aliphatic heterocycles. The standard InChI is InChI=1S/C7H7BrF2N2/c1-3-5(6(9)10)4(8)2-12-7(3)11/h2,6H,1H3,(H2,11,12). The van der Waals surface area contributed by atoms with Crippen molar-refractivity contribution in [1.82, 2.24) is 4.98 Å². The first-order valence-corrected chi connectivity index (χ1v) is 4.02. The molecule has 0 spiro atoms. The molecule has 1 aromatic rings. The van der Waals surface area contributed by atoms with E-state index >= 15 is 0 Å². The minimum atomic E-state index is -2.52. The monoisotopic (exact) mass is 236 g/mol. The maximum absolute atomic E-state index is 12.4. The van der Waals surface area contributed by atoms with Crippen molar-refractivity contribution in [3.63, 3.8) is 0 Å². The van der Waals surface area contributed by atoms with Crippen molar-refractivity contribution in [1.29, 1.82) is 0 Å². The number of aromatic nitrogens is 1. The van der Waals surface area contributed by atoms with E-state index in [0.29, 0.717) is 10.0 Å². The van der Waals surface area contributed by atoms with Gasteiger partial charge in [-0.25, -0.2) is 13.8 Å². The Kier molecular flexibility index (Phi) is 2.62. The van der Waals surface area contributed by atoms with E-state index in [1.165, 1.54) is 13.1 Å². The lowest BCUT2D eigenvalue weighted by molar-refractivity contribution is 0.149. The molecule has 1 rings (SSSR count). The second-order valence-corrected chi connectivity index (χ2v) is 3.19. The second kappa shape index (κ2) is 3.35. The van der Waals surface area contributed by atoms with Crippen LogP contribution in [-0.2, 0) is 0 Å². The van der Waals surface area contributed by atoms with E-state index in [4.69, 9.17) is 5.73 Å². The fraction of sp³-hybridized carbons (Fsp3) is 0.286. The van der Waals surface area contributed by atoms with Crippen LogP contribution >= 0.6 is 15.9 Å². The number of hydrogen-bond donors (Lipinski definition) is 1. The first-order valence-electron chi connectivity index (χ1n) is 3.22. The van der Waals surface area contributed by atoms with Gasteiger partial charge in [0.25, 0.3) is 6.43 Å². The fourth-order valence-corrected chi connectivity index (χ4v) is 1.45. The average Bonchev–Trinajstić information content (AvgIpc) is 1.97. The van der Waals surface area contributed by atoms with Crippen LogP contribution < -0.4 is 5.73 Å². The van der Waals surface area contributed by atoms with Crippen molar-refractivity contribution >= 4 is 21.7 Å². The smallest absolute Gasteiger partial charge is 0.265 e. The number of anilines is 1. The van der Waals surface area contributed by atoms with E-state index in [-0.39, 0.29) is 11.4 Å². The van der Waals surface area contributed by atoms with E-state index in [1.54, 1.807) is 0 Å². The summed E-state index contributed by atoms with van der Waals surface area (Å²) in [6.07, 6.45) is -1.24. The van der Waals surface area contributed by atoms with E-state index in [0.717, 1.165) is 0 Å². The van der Waals surface area contributed by atoms with Gasteiger partial charge < -0.3 is 5.73 Å². The van der Waals surface area contributed by atoms with Gasteiger partial charge in [-0.05, 0) is 22.9 Å². The van der Waals surface area contributed by atoms with Gasteiger partial charge >= 0.3 is 0 Å². The highest BCUT2D eigenvalue weighted by Gasteiger charge is 2.16. The Bertz CT molecular complexity index is 302. The molecule has 5 heteroatoms. The average molecular weight is 237 g/mol. The van der Waals surface area contributed by atoms with Gasteiger partial charge in [0, 0.05) is 21.8 Å². The van der Waals surface area contributed by atoms with Crippen LogP contribution in [0.2, 0.25) is 0 Å². The Morgan fingerprint density at radius 3 is 2.58 bits per heavy atom. The molecule has 0 radical (unpaired) electrons. The minimum absolute atomic E-state index is 0.0810. The lowest BCUT2D eigenvalue weighted by atomic mass is 10.1. The highest BCUT2D eigenvalue weighted by molar-refractivity contribution is 9.10. The number of nitrogens with zero attached hydrogens (tertiary/aromatic N) is 1. The van der Waals surface area contributed by atoms with Gasteiger partial charge in [0.1, 0.15) is 5.82 Å². The third-order valence-corrected chi connectivity index (χ3v) is 2.21. The maximum Gasteiger partial charge on any atom is 0.265 e. The number of pyridine rings is 1. The molecule has 2 N–H and O–H groups in total. The predicted molar refractivity (Wildman–Crippen MR) is 46.0 cm³/mol. The quantitative estimate of drug-likeness (QED) is 0.815. The third-order valence-electron chi connectivity index (χ3n) is 1.58. The van der Waals surface area contributed by atoms with Crippen molar-refractivity contribution in [2.75, 3.05) is 5.73 Å². The van der Waals surface area contributed by atoms with Crippen LogP contribution in [-0.4, -0.2) is 4.98 Å². The van der Waals surface area contributed by atoms with Gasteiger partial charge in [0.05, 0.1) is 0 Å². The summed E-state index contributed by atoms with van der Waals surface area (Å²) < 4.78 is 25.0. The molecule has 0 saturated heterocycles. The van der Waals surface area contributed by atoms with Gasteiger partial charge in [-0.3, -0.25) is 0 Å². The zero-order chi connectivity index (χ0) is 9.30. The van der Waals surface area contributed by atoms with Crippen LogP contribution in [0.15, 0.2) is 10.7 Å². The molecule has 12 heavy (non-hydrogen) atoms. The molecule has 0 amide bonds. The van der Waals surface area contributed by atoms with Crippen molar-refractivity contribution < 1.29 is 8.78 Å². The summed E-state index contributed by atoms with van der Waals surface area (Å²) >= 11 is 2.98. The number of nitrogen functional groups attached to an aromatic ring is 1.